The summed E-state index contributed by atoms with van der Waals surface area (Å²) in [5, 5.41) is 0. The van der Waals surface area contributed by atoms with Crippen LogP contribution < -0.4 is 4.74 Å². The minimum atomic E-state index is -3.31. The molecule has 0 saturated carbocycles. The summed E-state index contributed by atoms with van der Waals surface area (Å²) >= 11 is 0. The molecule has 1 saturated heterocycles. The summed E-state index contributed by atoms with van der Waals surface area (Å²) in [5.41, 5.74) is 2.91. The maximum atomic E-state index is 12.0. The van der Waals surface area contributed by atoms with Gasteiger partial charge in [-0.1, -0.05) is 6.07 Å². The number of benzene rings is 2. The van der Waals surface area contributed by atoms with Gasteiger partial charge in [-0.15, -0.1) is 0 Å². The number of H-pyrrole nitrogens is 1. The Labute approximate surface area is 189 Å². The summed E-state index contributed by atoms with van der Waals surface area (Å²) in [4.78, 5) is 26.1. The van der Waals surface area contributed by atoms with Crippen LogP contribution in [0.15, 0.2) is 65.7 Å². The van der Waals surface area contributed by atoms with Gasteiger partial charge in [-0.2, -0.15) is 0 Å². The van der Waals surface area contributed by atoms with Crippen molar-refractivity contribution >= 4 is 27.0 Å². The van der Waals surface area contributed by atoms with E-state index < -0.39 is 9.84 Å². The lowest BCUT2D eigenvalue weighted by atomic mass is 10.1. The van der Waals surface area contributed by atoms with Gasteiger partial charge in [-0.05, 0) is 42.5 Å². The fourth-order valence-corrected chi connectivity index (χ4v) is 4.21. The number of cyclic esters (lactones) is 1. The largest absolute Gasteiger partial charge is 0.457 e. The zero-order chi connectivity index (χ0) is 23.0. The predicted molar refractivity (Wildman–Crippen MR) is 121 cm³/mol. The van der Waals surface area contributed by atoms with Crippen molar-refractivity contribution in [1.82, 2.24) is 19.9 Å². The Kier molecular flexibility index (Phi) is 5.21. The van der Waals surface area contributed by atoms with Crippen molar-refractivity contribution in [3.05, 3.63) is 66.4 Å². The van der Waals surface area contributed by atoms with Gasteiger partial charge in [0, 0.05) is 24.1 Å². The van der Waals surface area contributed by atoms with Crippen LogP contribution in [0.3, 0.4) is 0 Å². The lowest BCUT2D eigenvalue weighted by Crippen LogP contribution is -2.23. The monoisotopic (exact) mass is 464 g/mol. The van der Waals surface area contributed by atoms with Gasteiger partial charge in [0.1, 0.15) is 23.8 Å². The Bertz CT molecular complexity index is 1430. The smallest absolute Gasteiger partial charge is 0.410 e. The zero-order valence-electron chi connectivity index (χ0n) is 17.7. The molecule has 0 radical (unpaired) electrons. The number of nitrogens with one attached hydrogen (secondary N) is 1. The molecule has 0 bridgehead atoms. The van der Waals surface area contributed by atoms with Crippen LogP contribution in [-0.4, -0.2) is 53.8 Å². The van der Waals surface area contributed by atoms with Crippen molar-refractivity contribution in [3.63, 3.8) is 0 Å². The molecule has 1 aliphatic heterocycles. The van der Waals surface area contributed by atoms with Crippen molar-refractivity contribution < 1.29 is 22.7 Å². The molecule has 33 heavy (non-hydrogen) atoms. The number of amides is 1. The number of pyridine rings is 1. The normalized spacial score (nSPS) is 14.0. The third-order valence-corrected chi connectivity index (χ3v) is 6.39. The number of aromatic nitrogens is 3. The van der Waals surface area contributed by atoms with Gasteiger partial charge in [0.15, 0.2) is 15.7 Å². The molecule has 0 aliphatic carbocycles. The van der Waals surface area contributed by atoms with E-state index in [-0.39, 0.29) is 11.0 Å². The lowest BCUT2D eigenvalue weighted by Gasteiger charge is -2.16. The summed E-state index contributed by atoms with van der Waals surface area (Å²) in [6, 6.07) is 15.4. The van der Waals surface area contributed by atoms with E-state index in [1.165, 1.54) is 12.1 Å². The average molecular weight is 465 g/mol. The number of hydrogen-bond acceptors (Lipinski definition) is 7. The Morgan fingerprint density at radius 1 is 1.15 bits per heavy atom. The third kappa shape index (κ3) is 4.37. The molecule has 5 rings (SSSR count). The van der Waals surface area contributed by atoms with Gasteiger partial charge in [0.2, 0.25) is 0 Å². The van der Waals surface area contributed by atoms with Gasteiger partial charge >= 0.3 is 6.09 Å². The number of hydrogen-bond donors (Lipinski definition) is 1. The van der Waals surface area contributed by atoms with Crippen molar-refractivity contribution in [2.24, 2.45) is 0 Å². The highest BCUT2D eigenvalue weighted by atomic mass is 32.2. The van der Waals surface area contributed by atoms with E-state index in [0.29, 0.717) is 48.2 Å². The molecule has 0 atom stereocenters. The molecule has 1 fully saturated rings. The molecule has 0 unspecified atom stereocenters. The lowest BCUT2D eigenvalue weighted by molar-refractivity contribution is 0.157. The second-order valence-corrected chi connectivity index (χ2v) is 9.67. The Balaban J connectivity index is 1.54. The molecular weight excluding hydrogens is 444 g/mol. The minimum absolute atomic E-state index is 0.206. The Hall–Kier alpha value is -3.92. The molecule has 2 aromatic carbocycles. The Morgan fingerprint density at radius 3 is 2.64 bits per heavy atom. The number of sulfone groups is 1. The van der Waals surface area contributed by atoms with E-state index >= 15 is 0 Å². The first-order valence-electron chi connectivity index (χ1n) is 10.2. The third-order valence-electron chi connectivity index (χ3n) is 5.26. The number of carbonyl (C=O) groups excluding carboxylic acids is 1. The summed E-state index contributed by atoms with van der Waals surface area (Å²) in [6.07, 6.45) is 2.47. The highest BCUT2D eigenvalue weighted by molar-refractivity contribution is 7.90. The van der Waals surface area contributed by atoms with Gasteiger partial charge in [0.25, 0.3) is 0 Å². The molecule has 4 aromatic rings. The van der Waals surface area contributed by atoms with E-state index in [1.54, 1.807) is 29.3 Å². The first kappa shape index (κ1) is 21.0. The topological polar surface area (TPSA) is 114 Å². The molecule has 168 valence electrons. The highest BCUT2D eigenvalue weighted by Gasteiger charge is 2.24. The zero-order valence-corrected chi connectivity index (χ0v) is 18.5. The molecule has 1 amide bonds. The van der Waals surface area contributed by atoms with E-state index in [9.17, 15) is 13.2 Å². The molecule has 2 aromatic heterocycles. The molecule has 1 N–H and O–H groups in total. The SMILES string of the molecule is CS(=O)(=O)c1ccc(Oc2cc3nc(-c4ccccn4)[nH]c3cc2CN2CCOC2=O)cc1. The number of fused-ring (bicyclic) bond motifs is 1. The van der Waals surface area contributed by atoms with E-state index in [2.05, 4.69) is 15.0 Å². The summed E-state index contributed by atoms with van der Waals surface area (Å²) in [6.45, 7) is 1.13. The van der Waals surface area contributed by atoms with Crippen molar-refractivity contribution in [2.75, 3.05) is 19.4 Å². The van der Waals surface area contributed by atoms with Crippen LogP contribution in [0.1, 0.15) is 5.56 Å². The molecule has 1 aliphatic rings. The summed E-state index contributed by atoms with van der Waals surface area (Å²) in [7, 11) is -3.31. The van der Waals surface area contributed by atoms with E-state index in [0.717, 1.165) is 17.3 Å². The standard InChI is InChI=1S/C23H20N4O5S/c1-33(29,30)17-7-5-16(6-8-17)32-21-13-20-19(12-15(21)14-27-10-11-31-23(27)28)25-22(26-20)18-4-2-3-9-24-18/h2-9,12-13H,10-11,14H2,1H3,(H,25,26). The fraction of sp³-hybridized carbons (Fsp3) is 0.174. The van der Waals surface area contributed by atoms with Crippen LogP contribution in [-0.2, 0) is 21.1 Å². The van der Waals surface area contributed by atoms with E-state index in [4.69, 9.17) is 9.47 Å². The first-order valence-corrected chi connectivity index (χ1v) is 12.1. The van der Waals surface area contributed by atoms with Crippen LogP contribution in [0.5, 0.6) is 11.5 Å². The number of ether oxygens (including phenoxy) is 2. The molecular formula is C23H20N4O5S. The highest BCUT2D eigenvalue weighted by Crippen LogP contribution is 2.32. The van der Waals surface area contributed by atoms with Crippen LogP contribution in [0.4, 0.5) is 4.79 Å². The summed E-state index contributed by atoms with van der Waals surface area (Å²) < 4.78 is 34.6. The average Bonchev–Trinajstić information content (AvgIpc) is 3.40. The maximum absolute atomic E-state index is 12.0. The van der Waals surface area contributed by atoms with Gasteiger partial charge in [-0.25, -0.2) is 18.2 Å². The van der Waals surface area contributed by atoms with Crippen molar-refractivity contribution in [3.8, 4) is 23.0 Å². The summed E-state index contributed by atoms with van der Waals surface area (Å²) in [5.74, 6) is 1.59. The molecule has 9 nitrogen and oxygen atoms in total. The maximum Gasteiger partial charge on any atom is 0.410 e. The number of carbonyl (C=O) groups is 1. The predicted octanol–water partition coefficient (Wildman–Crippen LogP) is 3.77. The fourth-order valence-electron chi connectivity index (χ4n) is 3.58. The molecule has 10 heteroatoms. The first-order chi connectivity index (χ1) is 15.9. The van der Waals surface area contributed by atoms with Crippen LogP contribution in [0.25, 0.3) is 22.6 Å². The number of nitrogens with zero attached hydrogens (tertiary/aromatic N) is 3. The van der Waals surface area contributed by atoms with Gasteiger partial charge in [-0.3, -0.25) is 4.98 Å². The number of rotatable bonds is 6. The molecule has 0 spiro atoms. The van der Waals surface area contributed by atoms with E-state index in [1.807, 2.05) is 24.3 Å². The molecule has 3 heterocycles. The van der Waals surface area contributed by atoms with Crippen molar-refractivity contribution in [1.29, 1.82) is 0 Å². The van der Waals surface area contributed by atoms with Crippen LogP contribution >= 0.6 is 0 Å². The van der Waals surface area contributed by atoms with Gasteiger partial charge in [0.05, 0.1) is 29.0 Å². The van der Waals surface area contributed by atoms with Crippen LogP contribution in [0.2, 0.25) is 0 Å². The number of aromatic amines is 1. The minimum Gasteiger partial charge on any atom is -0.457 e. The van der Waals surface area contributed by atoms with Gasteiger partial charge < -0.3 is 19.4 Å². The van der Waals surface area contributed by atoms with Crippen LogP contribution in [0, 0.1) is 0 Å². The number of imidazole rings is 1. The quantitative estimate of drug-likeness (QED) is 0.462. The van der Waals surface area contributed by atoms with Crippen molar-refractivity contribution in [2.45, 2.75) is 11.4 Å². The second kappa shape index (κ2) is 8.21. The second-order valence-electron chi connectivity index (χ2n) is 7.66. The Morgan fingerprint density at radius 2 is 1.97 bits per heavy atom.